The number of amides is 1. The second-order valence-electron chi connectivity index (χ2n) is 6.97. The molecule has 2 saturated heterocycles. The quantitative estimate of drug-likeness (QED) is 0.764. The second kappa shape index (κ2) is 6.55. The zero-order valence-corrected chi connectivity index (χ0v) is 14.7. The van der Waals surface area contributed by atoms with Crippen LogP contribution in [-0.4, -0.2) is 71.3 Å². The average Bonchev–Trinajstić information content (AvgIpc) is 3.05. The highest BCUT2D eigenvalue weighted by atomic mass is 16.5. The number of hydrogen-bond acceptors (Lipinski definition) is 5. The highest BCUT2D eigenvalue weighted by Gasteiger charge is 2.53. The summed E-state index contributed by atoms with van der Waals surface area (Å²) in [6.07, 6.45) is 3.22. The summed E-state index contributed by atoms with van der Waals surface area (Å²) in [6.45, 7) is 5.03. The van der Waals surface area contributed by atoms with Gasteiger partial charge in [0.05, 0.1) is 12.0 Å². The molecule has 7 heteroatoms. The minimum absolute atomic E-state index is 0.00999. The van der Waals surface area contributed by atoms with Crippen molar-refractivity contribution in [2.24, 2.45) is 18.4 Å². The molecule has 0 radical (unpaired) electrons. The maximum absolute atomic E-state index is 12.8. The Hall–Kier alpha value is -1.89. The number of carbonyl (C=O) groups excluding carboxylic acids is 2. The fourth-order valence-electron chi connectivity index (χ4n) is 4.22. The topological polar surface area (TPSA) is 67.7 Å². The van der Waals surface area contributed by atoms with Gasteiger partial charge in [-0.25, -0.2) is 0 Å². The van der Waals surface area contributed by atoms with Gasteiger partial charge in [-0.3, -0.25) is 14.3 Å². The molecule has 7 nitrogen and oxygen atoms in total. The first kappa shape index (κ1) is 17.0. The molecule has 0 spiro atoms. The van der Waals surface area contributed by atoms with Crippen LogP contribution in [0.1, 0.15) is 30.3 Å². The number of likely N-dealkylation sites (tertiary alicyclic amines) is 2. The molecule has 0 N–H and O–H groups in total. The van der Waals surface area contributed by atoms with Crippen LogP contribution in [0.2, 0.25) is 0 Å². The zero-order valence-electron chi connectivity index (χ0n) is 14.7. The van der Waals surface area contributed by atoms with E-state index < -0.39 is 5.41 Å². The van der Waals surface area contributed by atoms with Crippen molar-refractivity contribution >= 4 is 11.9 Å². The van der Waals surface area contributed by atoms with Gasteiger partial charge in [-0.05, 0) is 32.9 Å². The number of carbonyl (C=O) groups is 2. The summed E-state index contributed by atoms with van der Waals surface area (Å²) in [5.74, 6) is -0.000350. The predicted octanol–water partition coefficient (Wildman–Crippen LogP) is 0.767. The fraction of sp³-hybridized carbons (Fsp3) is 0.706. The molecule has 3 heterocycles. The van der Waals surface area contributed by atoms with Gasteiger partial charge in [0.15, 0.2) is 0 Å². The zero-order chi connectivity index (χ0) is 17.3. The van der Waals surface area contributed by atoms with Crippen LogP contribution in [0.5, 0.6) is 0 Å². The lowest BCUT2D eigenvalue weighted by molar-refractivity contribution is -0.157. The molecule has 24 heavy (non-hydrogen) atoms. The van der Waals surface area contributed by atoms with E-state index in [9.17, 15) is 9.59 Å². The number of aromatic nitrogens is 2. The monoisotopic (exact) mass is 334 g/mol. The molecule has 1 amide bonds. The van der Waals surface area contributed by atoms with Gasteiger partial charge in [0.25, 0.3) is 5.91 Å². The van der Waals surface area contributed by atoms with Crippen LogP contribution in [-0.2, 0) is 16.6 Å². The standard InChI is InChI=1S/C17H26N4O3/c1-4-24-16(23)17-7-5-9-21(11-13(17)10-19(2)12-17)15(22)14-6-8-18-20(14)3/h6,8,13H,4-5,7,9-12H2,1-3H3/t13-,17+/m1/s1. The van der Waals surface area contributed by atoms with E-state index >= 15 is 0 Å². The lowest BCUT2D eigenvalue weighted by Crippen LogP contribution is -2.43. The second-order valence-corrected chi connectivity index (χ2v) is 6.97. The number of hydrogen-bond donors (Lipinski definition) is 0. The first-order chi connectivity index (χ1) is 11.5. The molecule has 0 unspecified atom stereocenters. The molecule has 0 bridgehead atoms. The molecule has 0 saturated carbocycles. The van der Waals surface area contributed by atoms with Crippen LogP contribution in [0.25, 0.3) is 0 Å². The van der Waals surface area contributed by atoms with Gasteiger partial charge >= 0.3 is 5.97 Å². The number of aryl methyl sites for hydroxylation is 1. The molecule has 132 valence electrons. The summed E-state index contributed by atoms with van der Waals surface area (Å²) in [5.41, 5.74) is 0.108. The molecule has 3 rings (SSSR count). The summed E-state index contributed by atoms with van der Waals surface area (Å²) in [6, 6.07) is 1.74. The molecule has 0 aliphatic carbocycles. The third-order valence-corrected chi connectivity index (χ3v) is 5.37. The number of ether oxygens (including phenoxy) is 1. The summed E-state index contributed by atoms with van der Waals surface area (Å²) in [4.78, 5) is 29.6. The van der Waals surface area contributed by atoms with E-state index in [0.29, 0.717) is 31.9 Å². The van der Waals surface area contributed by atoms with E-state index in [4.69, 9.17) is 4.74 Å². The van der Waals surface area contributed by atoms with Gasteiger partial charge in [0, 0.05) is 45.3 Å². The van der Waals surface area contributed by atoms with E-state index in [1.165, 1.54) is 0 Å². The van der Waals surface area contributed by atoms with Crippen molar-refractivity contribution < 1.29 is 14.3 Å². The Bertz CT molecular complexity index is 629. The third kappa shape index (κ3) is 2.81. The van der Waals surface area contributed by atoms with Crippen molar-refractivity contribution in [3.05, 3.63) is 18.0 Å². The third-order valence-electron chi connectivity index (χ3n) is 5.37. The maximum Gasteiger partial charge on any atom is 0.313 e. The Balaban J connectivity index is 1.83. The molecule has 2 atom stereocenters. The number of nitrogens with zero attached hydrogens (tertiary/aromatic N) is 4. The summed E-state index contributed by atoms with van der Waals surface area (Å²) in [7, 11) is 3.81. The molecule has 1 aromatic heterocycles. The SMILES string of the molecule is CCOC(=O)[C@]12CCCN(C(=O)c3ccnn3C)C[C@H]1CN(C)C2. The van der Waals surface area contributed by atoms with Crippen molar-refractivity contribution in [2.45, 2.75) is 19.8 Å². The van der Waals surface area contributed by atoms with Crippen LogP contribution in [0.3, 0.4) is 0 Å². The minimum atomic E-state index is -0.480. The van der Waals surface area contributed by atoms with Crippen LogP contribution in [0.4, 0.5) is 0 Å². The van der Waals surface area contributed by atoms with Gasteiger partial charge < -0.3 is 14.5 Å². The number of esters is 1. The van der Waals surface area contributed by atoms with Crippen molar-refractivity contribution in [1.29, 1.82) is 0 Å². The molecule has 0 aromatic carbocycles. The smallest absolute Gasteiger partial charge is 0.313 e. The van der Waals surface area contributed by atoms with Gasteiger partial charge in [-0.2, -0.15) is 5.10 Å². The fourth-order valence-corrected chi connectivity index (χ4v) is 4.22. The van der Waals surface area contributed by atoms with Gasteiger partial charge in [0.2, 0.25) is 0 Å². The van der Waals surface area contributed by atoms with E-state index in [-0.39, 0.29) is 17.8 Å². The normalized spacial score (nSPS) is 27.6. The largest absolute Gasteiger partial charge is 0.466 e. The Labute approximate surface area is 142 Å². The predicted molar refractivity (Wildman–Crippen MR) is 88.4 cm³/mol. The van der Waals surface area contributed by atoms with Crippen LogP contribution < -0.4 is 0 Å². The molecule has 2 aliphatic rings. The van der Waals surface area contributed by atoms with E-state index in [1.54, 1.807) is 24.0 Å². The first-order valence-electron chi connectivity index (χ1n) is 8.61. The highest BCUT2D eigenvalue weighted by Crippen LogP contribution is 2.43. The van der Waals surface area contributed by atoms with Crippen molar-refractivity contribution in [3.8, 4) is 0 Å². The Morgan fingerprint density at radius 2 is 2.17 bits per heavy atom. The maximum atomic E-state index is 12.8. The molecule has 2 fully saturated rings. The molecular weight excluding hydrogens is 308 g/mol. The van der Waals surface area contributed by atoms with Crippen molar-refractivity contribution in [3.63, 3.8) is 0 Å². The Kier molecular flexibility index (Phi) is 4.62. The number of fused-ring (bicyclic) bond motifs is 1. The van der Waals surface area contributed by atoms with Crippen LogP contribution in [0.15, 0.2) is 12.3 Å². The highest BCUT2D eigenvalue weighted by molar-refractivity contribution is 5.92. The van der Waals surface area contributed by atoms with Gasteiger partial charge in [-0.1, -0.05) is 0 Å². The van der Waals surface area contributed by atoms with Crippen molar-refractivity contribution in [2.75, 3.05) is 39.8 Å². The lowest BCUT2D eigenvalue weighted by Gasteiger charge is -2.31. The summed E-state index contributed by atoms with van der Waals surface area (Å²) in [5, 5.41) is 4.09. The molecule has 2 aliphatic heterocycles. The van der Waals surface area contributed by atoms with Crippen molar-refractivity contribution in [1.82, 2.24) is 19.6 Å². The molecule has 1 aromatic rings. The Morgan fingerprint density at radius 3 is 2.83 bits per heavy atom. The van der Waals surface area contributed by atoms with E-state index in [0.717, 1.165) is 19.4 Å². The van der Waals surface area contributed by atoms with E-state index in [2.05, 4.69) is 10.00 Å². The molecular formula is C17H26N4O3. The number of rotatable bonds is 3. The van der Waals surface area contributed by atoms with Crippen LogP contribution in [0, 0.1) is 11.3 Å². The van der Waals surface area contributed by atoms with E-state index in [1.807, 2.05) is 18.9 Å². The van der Waals surface area contributed by atoms with Gasteiger partial charge in [0.1, 0.15) is 5.69 Å². The first-order valence-corrected chi connectivity index (χ1v) is 8.61. The minimum Gasteiger partial charge on any atom is -0.466 e. The van der Waals surface area contributed by atoms with Crippen LogP contribution >= 0.6 is 0 Å². The summed E-state index contributed by atoms with van der Waals surface area (Å²) < 4.78 is 7.00. The summed E-state index contributed by atoms with van der Waals surface area (Å²) >= 11 is 0. The van der Waals surface area contributed by atoms with Gasteiger partial charge in [-0.15, -0.1) is 0 Å². The lowest BCUT2D eigenvalue weighted by atomic mass is 9.75. The average molecular weight is 334 g/mol. The Morgan fingerprint density at radius 1 is 1.38 bits per heavy atom.